The fourth-order valence-electron chi connectivity index (χ4n) is 1.69. The fraction of sp³-hybridized carbons (Fsp3) is 0.385. The number of carboxylic acid groups (broad SMARTS) is 1. The highest BCUT2D eigenvalue weighted by Crippen LogP contribution is 2.16. The number of carbonyl (C=O) groups excluding carboxylic acids is 1. The lowest BCUT2D eigenvalue weighted by atomic mass is 10.0. The minimum Gasteiger partial charge on any atom is -0.481 e. The molecule has 4 nitrogen and oxygen atoms in total. The molecule has 0 unspecified atom stereocenters. The first-order valence-electron chi connectivity index (χ1n) is 5.92. The van der Waals surface area contributed by atoms with Gasteiger partial charge in [0.2, 0.25) is 0 Å². The summed E-state index contributed by atoms with van der Waals surface area (Å²) in [7, 11) is 0. The number of nitrogens with one attached hydrogen (secondary N) is 1. The number of halogens is 3. The van der Waals surface area contributed by atoms with E-state index in [-0.39, 0.29) is 19.3 Å². The van der Waals surface area contributed by atoms with Gasteiger partial charge in [0.1, 0.15) is 0 Å². The smallest absolute Gasteiger partial charge is 0.471 e. The maximum Gasteiger partial charge on any atom is 0.471 e. The van der Waals surface area contributed by atoms with Crippen LogP contribution in [0.2, 0.25) is 0 Å². The van der Waals surface area contributed by atoms with Crippen molar-refractivity contribution in [3.05, 3.63) is 35.9 Å². The zero-order valence-electron chi connectivity index (χ0n) is 10.5. The summed E-state index contributed by atoms with van der Waals surface area (Å²) in [5.41, 5.74) is 0.727. The molecule has 1 atom stereocenters. The van der Waals surface area contributed by atoms with Crippen LogP contribution in [0.1, 0.15) is 18.4 Å². The van der Waals surface area contributed by atoms with Gasteiger partial charge in [0, 0.05) is 12.5 Å². The molecule has 0 aliphatic rings. The Labute approximate surface area is 113 Å². The number of aliphatic carboxylic acids is 1. The molecule has 0 aliphatic carbocycles. The summed E-state index contributed by atoms with van der Waals surface area (Å²) in [6, 6.07) is 7.72. The molecule has 0 bridgehead atoms. The Balaban J connectivity index is 2.70. The van der Waals surface area contributed by atoms with Gasteiger partial charge in [-0.1, -0.05) is 30.3 Å². The molecule has 110 valence electrons. The van der Waals surface area contributed by atoms with Crippen LogP contribution in [0.25, 0.3) is 0 Å². The SMILES string of the molecule is O=C(O)CC[C@H](Cc1ccccc1)NC(=O)C(F)(F)F. The third kappa shape index (κ3) is 5.73. The number of carboxylic acids is 1. The van der Waals surface area contributed by atoms with Gasteiger partial charge in [0.15, 0.2) is 0 Å². The first-order chi connectivity index (χ1) is 9.29. The lowest BCUT2D eigenvalue weighted by Crippen LogP contribution is -2.44. The Kier molecular flexibility index (Phi) is 5.54. The van der Waals surface area contributed by atoms with Crippen LogP contribution in [-0.2, 0) is 16.0 Å². The van der Waals surface area contributed by atoms with Crippen LogP contribution in [0.3, 0.4) is 0 Å². The number of rotatable bonds is 6. The maximum atomic E-state index is 12.2. The van der Waals surface area contributed by atoms with Crippen molar-refractivity contribution in [3.63, 3.8) is 0 Å². The zero-order valence-corrected chi connectivity index (χ0v) is 10.5. The Bertz CT molecular complexity index is 460. The van der Waals surface area contributed by atoms with Crippen molar-refractivity contribution in [2.45, 2.75) is 31.5 Å². The molecule has 1 aromatic carbocycles. The number of carbonyl (C=O) groups is 2. The molecule has 7 heteroatoms. The number of benzene rings is 1. The molecule has 0 spiro atoms. The topological polar surface area (TPSA) is 66.4 Å². The van der Waals surface area contributed by atoms with Crippen LogP contribution < -0.4 is 5.32 Å². The lowest BCUT2D eigenvalue weighted by molar-refractivity contribution is -0.174. The monoisotopic (exact) mass is 289 g/mol. The van der Waals surface area contributed by atoms with E-state index in [4.69, 9.17) is 5.11 Å². The number of amides is 1. The summed E-state index contributed by atoms with van der Waals surface area (Å²) in [5, 5.41) is 10.4. The minimum atomic E-state index is -4.97. The van der Waals surface area contributed by atoms with E-state index < -0.39 is 24.1 Å². The third-order valence-electron chi connectivity index (χ3n) is 2.62. The molecular weight excluding hydrogens is 275 g/mol. The summed E-state index contributed by atoms with van der Waals surface area (Å²) >= 11 is 0. The van der Waals surface area contributed by atoms with Crippen molar-refractivity contribution in [3.8, 4) is 0 Å². The van der Waals surface area contributed by atoms with E-state index >= 15 is 0 Å². The molecule has 1 amide bonds. The second kappa shape index (κ2) is 6.93. The largest absolute Gasteiger partial charge is 0.481 e. The van der Waals surface area contributed by atoms with Crippen molar-refractivity contribution >= 4 is 11.9 Å². The third-order valence-corrected chi connectivity index (χ3v) is 2.62. The van der Waals surface area contributed by atoms with Gasteiger partial charge in [-0.2, -0.15) is 13.2 Å². The Morgan fingerprint density at radius 3 is 2.30 bits per heavy atom. The molecule has 20 heavy (non-hydrogen) atoms. The summed E-state index contributed by atoms with van der Waals surface area (Å²) < 4.78 is 36.7. The average Bonchev–Trinajstić information content (AvgIpc) is 2.36. The molecule has 0 radical (unpaired) electrons. The predicted octanol–water partition coefficient (Wildman–Crippen LogP) is 2.14. The van der Waals surface area contributed by atoms with Crippen molar-refractivity contribution in [2.24, 2.45) is 0 Å². The van der Waals surface area contributed by atoms with Crippen molar-refractivity contribution in [1.29, 1.82) is 0 Å². The highest BCUT2D eigenvalue weighted by Gasteiger charge is 2.39. The van der Waals surface area contributed by atoms with Gasteiger partial charge in [-0.15, -0.1) is 0 Å². The van der Waals surface area contributed by atoms with E-state index in [9.17, 15) is 22.8 Å². The molecule has 0 saturated heterocycles. The van der Waals surface area contributed by atoms with E-state index in [1.54, 1.807) is 30.3 Å². The van der Waals surface area contributed by atoms with Gasteiger partial charge in [-0.25, -0.2) is 0 Å². The van der Waals surface area contributed by atoms with Crippen molar-refractivity contribution in [1.82, 2.24) is 5.32 Å². The standard InChI is InChI=1S/C13H14F3NO3/c14-13(15,16)12(20)17-10(6-7-11(18)19)8-9-4-2-1-3-5-9/h1-5,10H,6-8H2,(H,17,20)(H,18,19)/t10-/m1/s1. The van der Waals surface area contributed by atoms with Crippen LogP contribution in [0.5, 0.6) is 0 Å². The molecule has 0 saturated carbocycles. The van der Waals surface area contributed by atoms with Crippen molar-refractivity contribution < 1.29 is 27.9 Å². The van der Waals surface area contributed by atoms with Crippen molar-refractivity contribution in [2.75, 3.05) is 0 Å². The number of alkyl halides is 3. The van der Waals surface area contributed by atoms with E-state index in [2.05, 4.69) is 0 Å². The van der Waals surface area contributed by atoms with Gasteiger partial charge in [-0.3, -0.25) is 9.59 Å². The lowest BCUT2D eigenvalue weighted by Gasteiger charge is -2.19. The summed E-state index contributed by atoms with van der Waals surface area (Å²) in [6.45, 7) is 0. The molecular formula is C13H14F3NO3. The number of hydrogen-bond donors (Lipinski definition) is 2. The first-order valence-corrected chi connectivity index (χ1v) is 5.92. The van der Waals surface area contributed by atoms with E-state index in [0.29, 0.717) is 0 Å². The normalized spacial score (nSPS) is 12.8. The van der Waals surface area contributed by atoms with Gasteiger partial charge >= 0.3 is 18.1 Å². The van der Waals surface area contributed by atoms with E-state index in [1.165, 1.54) is 0 Å². The average molecular weight is 289 g/mol. The van der Waals surface area contributed by atoms with E-state index in [0.717, 1.165) is 5.56 Å². The zero-order chi connectivity index (χ0) is 15.2. The Morgan fingerprint density at radius 2 is 1.80 bits per heavy atom. The second-order valence-electron chi connectivity index (χ2n) is 4.29. The van der Waals surface area contributed by atoms with Gasteiger partial charge < -0.3 is 10.4 Å². The molecule has 2 N–H and O–H groups in total. The molecule has 0 aliphatic heterocycles. The molecule has 1 rings (SSSR count). The Hall–Kier alpha value is -2.05. The highest BCUT2D eigenvalue weighted by atomic mass is 19.4. The summed E-state index contributed by atoms with van der Waals surface area (Å²) in [5.74, 6) is -3.17. The number of hydrogen-bond acceptors (Lipinski definition) is 2. The van der Waals surface area contributed by atoms with Crippen LogP contribution in [0.4, 0.5) is 13.2 Å². The molecule has 1 aromatic rings. The minimum absolute atomic E-state index is 0.0634. The Morgan fingerprint density at radius 1 is 1.20 bits per heavy atom. The summed E-state index contributed by atoms with van der Waals surface area (Å²) in [4.78, 5) is 21.4. The summed E-state index contributed by atoms with van der Waals surface area (Å²) in [6.07, 6.45) is -5.20. The first kappa shape index (κ1) is 16.0. The molecule has 0 aromatic heterocycles. The maximum absolute atomic E-state index is 12.2. The van der Waals surface area contributed by atoms with Gasteiger partial charge in [-0.05, 0) is 18.4 Å². The van der Waals surface area contributed by atoms with Gasteiger partial charge in [0.05, 0.1) is 0 Å². The highest BCUT2D eigenvalue weighted by molar-refractivity contribution is 5.82. The van der Waals surface area contributed by atoms with Crippen LogP contribution in [0.15, 0.2) is 30.3 Å². The second-order valence-corrected chi connectivity index (χ2v) is 4.29. The van der Waals surface area contributed by atoms with E-state index in [1.807, 2.05) is 5.32 Å². The quantitative estimate of drug-likeness (QED) is 0.843. The fourth-order valence-corrected chi connectivity index (χ4v) is 1.69. The van der Waals surface area contributed by atoms with Crippen LogP contribution in [0, 0.1) is 0 Å². The predicted molar refractivity (Wildman–Crippen MR) is 65.0 cm³/mol. The van der Waals surface area contributed by atoms with Crippen LogP contribution in [-0.4, -0.2) is 29.2 Å². The van der Waals surface area contributed by atoms with Crippen LogP contribution >= 0.6 is 0 Å². The molecule has 0 fully saturated rings. The van der Waals surface area contributed by atoms with Gasteiger partial charge in [0.25, 0.3) is 0 Å². The molecule has 0 heterocycles.